The number of aromatic nitrogens is 1. The summed E-state index contributed by atoms with van der Waals surface area (Å²) in [7, 11) is -1.10. The van der Waals surface area contributed by atoms with E-state index in [1.54, 1.807) is 38.1 Å². The Bertz CT molecular complexity index is 2120. The molecule has 2 aromatic rings. The van der Waals surface area contributed by atoms with E-state index in [-0.39, 0.29) is 31.2 Å². The van der Waals surface area contributed by atoms with E-state index in [4.69, 9.17) is 18.9 Å². The van der Waals surface area contributed by atoms with Crippen molar-refractivity contribution >= 4 is 44.7 Å². The van der Waals surface area contributed by atoms with Gasteiger partial charge in [0.2, 0.25) is 27.7 Å². The number of carbonyl (C=O) groups excluding carboxylic acids is 4. The number of nitrogens with one attached hydrogen (secondary N) is 3. The summed E-state index contributed by atoms with van der Waals surface area (Å²) in [6, 6.07) is 4.14. The van der Waals surface area contributed by atoms with Crippen LogP contribution in [0.4, 0.5) is 13.6 Å². The number of alkyl halides is 2. The van der Waals surface area contributed by atoms with E-state index >= 15 is 0 Å². The fourth-order valence-corrected chi connectivity index (χ4v) is 9.05. The van der Waals surface area contributed by atoms with Crippen molar-refractivity contribution in [3.05, 3.63) is 36.4 Å². The van der Waals surface area contributed by atoms with Gasteiger partial charge in [0.25, 0.3) is 11.8 Å². The van der Waals surface area contributed by atoms with Gasteiger partial charge in [0.1, 0.15) is 35.2 Å². The number of sulfonamides is 1. The fraction of sp³-hybridized carbons (Fsp3) is 0.634. The van der Waals surface area contributed by atoms with E-state index in [0.717, 1.165) is 13.8 Å². The monoisotopic (exact) mass is 847 g/mol. The van der Waals surface area contributed by atoms with Crippen molar-refractivity contribution in [2.24, 2.45) is 17.8 Å². The Morgan fingerprint density at radius 1 is 1.05 bits per heavy atom. The summed E-state index contributed by atoms with van der Waals surface area (Å²) in [5, 5.41) is 5.97. The van der Waals surface area contributed by atoms with Crippen LogP contribution in [0.5, 0.6) is 17.4 Å². The molecule has 1 aromatic carbocycles. The lowest BCUT2D eigenvalue weighted by Gasteiger charge is -2.35. The van der Waals surface area contributed by atoms with Gasteiger partial charge in [-0.3, -0.25) is 19.1 Å². The van der Waals surface area contributed by atoms with Gasteiger partial charge in [-0.05, 0) is 83.3 Å². The summed E-state index contributed by atoms with van der Waals surface area (Å²) in [6.45, 7) is 7.88. The third kappa shape index (κ3) is 9.06. The maximum absolute atomic E-state index is 14.9. The number of allylic oxidation sites excluding steroid dienone is 1. The molecule has 6 rings (SSSR count). The number of hydrogen-bond donors (Lipinski definition) is 3. The van der Waals surface area contributed by atoms with Crippen LogP contribution in [0.15, 0.2) is 36.4 Å². The summed E-state index contributed by atoms with van der Waals surface area (Å²) < 4.78 is 78.9. The van der Waals surface area contributed by atoms with Crippen LogP contribution < -0.4 is 29.6 Å². The molecule has 0 radical (unpaired) electrons. The molecule has 0 bridgehead atoms. The minimum atomic E-state index is -4.06. The Morgan fingerprint density at radius 3 is 2.41 bits per heavy atom. The number of ether oxygens (including phenoxy) is 4. The molecule has 4 aliphatic rings. The van der Waals surface area contributed by atoms with Crippen LogP contribution in [0.2, 0.25) is 0 Å². The topological polar surface area (TPSA) is 192 Å². The van der Waals surface area contributed by atoms with E-state index in [1.165, 1.54) is 19.1 Å². The summed E-state index contributed by atoms with van der Waals surface area (Å²) in [6.07, 6.45) is 4.13. The molecule has 1 saturated heterocycles. The van der Waals surface area contributed by atoms with Gasteiger partial charge >= 0.3 is 6.09 Å². The molecular formula is C41H55F2N5O10S. The molecule has 3 fully saturated rings. The number of methoxy groups -OCH3 is 2. The Balaban J connectivity index is 1.37. The molecule has 7 atom stereocenters. The first-order valence-corrected chi connectivity index (χ1v) is 21.4. The zero-order valence-corrected chi connectivity index (χ0v) is 35.5. The van der Waals surface area contributed by atoms with Crippen molar-refractivity contribution < 1.29 is 55.3 Å². The highest BCUT2D eigenvalue weighted by Crippen LogP contribution is 2.48. The van der Waals surface area contributed by atoms with Crippen LogP contribution in [-0.4, -0.2) is 103 Å². The summed E-state index contributed by atoms with van der Waals surface area (Å²) in [5.41, 5.74) is -3.36. The third-order valence-corrected chi connectivity index (χ3v) is 14.5. The van der Waals surface area contributed by atoms with E-state index < -0.39 is 85.7 Å². The van der Waals surface area contributed by atoms with Crippen LogP contribution in [0.1, 0.15) is 86.5 Å². The number of amides is 4. The Kier molecular flexibility index (Phi) is 11.9. The predicted octanol–water partition coefficient (Wildman–Crippen LogP) is 5.01. The smallest absolute Gasteiger partial charge is 0.408 e. The van der Waals surface area contributed by atoms with Crippen molar-refractivity contribution in [1.29, 1.82) is 0 Å². The lowest BCUT2D eigenvalue weighted by molar-refractivity contribution is -0.152. The van der Waals surface area contributed by atoms with Crippen molar-refractivity contribution in [2.45, 2.75) is 126 Å². The first-order valence-electron chi connectivity index (χ1n) is 20.0. The van der Waals surface area contributed by atoms with Crippen molar-refractivity contribution in [2.75, 3.05) is 20.8 Å². The van der Waals surface area contributed by atoms with Crippen molar-refractivity contribution in [3.8, 4) is 17.4 Å². The molecule has 1 aromatic heterocycles. The van der Waals surface area contributed by atoms with Gasteiger partial charge in [-0.2, -0.15) is 0 Å². The maximum atomic E-state index is 14.9. The number of halogens is 2. The molecule has 2 saturated carbocycles. The SMILES string of the molecule is COc1ccc2c(O[C@@H]3C[C@H]4C(=O)N[C@]5(C(=O)NS(=O)(=O)C6(C)CC6)C[C@H]5/C=C\CC[C@@H](C)C[C@@H](C)[C@H](NC(=O)OC(C)(C)C(C)(F)F)C(=O)N4C3)cc(OC)nc2c1. The first kappa shape index (κ1) is 43.8. The highest BCUT2D eigenvalue weighted by molar-refractivity contribution is 7.91. The van der Waals surface area contributed by atoms with Gasteiger partial charge in [0.05, 0.1) is 31.0 Å². The number of carbonyl (C=O) groups is 4. The number of hydrogen-bond acceptors (Lipinski definition) is 11. The van der Waals surface area contributed by atoms with E-state index in [9.17, 15) is 36.4 Å². The number of fused-ring (bicyclic) bond motifs is 3. The summed E-state index contributed by atoms with van der Waals surface area (Å²) >= 11 is 0. The van der Waals surface area contributed by atoms with Crippen LogP contribution in [0.25, 0.3) is 10.9 Å². The zero-order chi connectivity index (χ0) is 43.3. The van der Waals surface area contributed by atoms with E-state index in [2.05, 4.69) is 20.3 Å². The molecule has 324 valence electrons. The van der Waals surface area contributed by atoms with Crippen molar-refractivity contribution in [1.82, 2.24) is 25.2 Å². The summed E-state index contributed by atoms with van der Waals surface area (Å²) in [4.78, 5) is 62.5. The average Bonchev–Trinajstić information content (AvgIpc) is 4.04. The van der Waals surface area contributed by atoms with Crippen molar-refractivity contribution in [3.63, 3.8) is 0 Å². The molecule has 18 heteroatoms. The molecule has 3 N–H and O–H groups in total. The highest BCUT2D eigenvalue weighted by atomic mass is 32.2. The molecule has 4 amide bonds. The average molecular weight is 848 g/mol. The molecule has 0 unspecified atom stereocenters. The second kappa shape index (κ2) is 16.0. The minimum Gasteiger partial charge on any atom is -0.497 e. The fourth-order valence-electron chi connectivity index (χ4n) is 7.74. The zero-order valence-electron chi connectivity index (χ0n) is 34.7. The molecule has 3 heterocycles. The van der Waals surface area contributed by atoms with Gasteiger partial charge < -0.3 is 34.5 Å². The van der Waals surface area contributed by atoms with Crippen LogP contribution in [-0.2, 0) is 29.1 Å². The lowest BCUT2D eigenvalue weighted by Crippen LogP contribution is -2.59. The number of nitrogens with zero attached hydrogens (tertiary/aromatic N) is 2. The second-order valence-corrected chi connectivity index (χ2v) is 19.6. The van der Waals surface area contributed by atoms with E-state index in [1.807, 2.05) is 19.1 Å². The van der Waals surface area contributed by atoms with Crippen LogP contribution in [0.3, 0.4) is 0 Å². The van der Waals surface area contributed by atoms with Gasteiger partial charge in [-0.1, -0.05) is 26.0 Å². The molecule has 59 heavy (non-hydrogen) atoms. The summed E-state index contributed by atoms with van der Waals surface area (Å²) in [5.74, 6) is -5.70. The molecule has 2 aliphatic carbocycles. The number of rotatable bonds is 10. The Morgan fingerprint density at radius 2 is 1.76 bits per heavy atom. The normalized spacial score (nSPS) is 29.1. The van der Waals surface area contributed by atoms with Gasteiger partial charge in [-0.15, -0.1) is 0 Å². The largest absolute Gasteiger partial charge is 0.497 e. The van der Waals surface area contributed by atoms with Gasteiger partial charge in [0.15, 0.2) is 5.60 Å². The highest BCUT2D eigenvalue weighted by Gasteiger charge is 2.63. The van der Waals surface area contributed by atoms with Crippen LogP contribution in [0, 0.1) is 17.8 Å². The second-order valence-electron chi connectivity index (χ2n) is 17.4. The molecular weight excluding hydrogens is 793 g/mol. The predicted molar refractivity (Wildman–Crippen MR) is 212 cm³/mol. The minimum absolute atomic E-state index is 0.0137. The van der Waals surface area contributed by atoms with Gasteiger partial charge in [-0.25, -0.2) is 27.0 Å². The lowest BCUT2D eigenvalue weighted by atomic mass is 9.88. The van der Waals surface area contributed by atoms with E-state index in [0.29, 0.717) is 61.4 Å². The standard InChI is InChI=1S/C41H55F2N5O10S/c1-23-11-9-10-12-25-21-41(25,36(51)47-59(53,54)39(5)15-16-39)46-34(49)30-19-27(57-31-20-32(56-8)44-29-18-26(55-7)13-14-28(29)31)22-48(30)35(50)33(24(2)17-23)45-37(52)58-38(3,4)40(6,42)43/h10,12-14,18,20,23-25,27,30,33H,9,11,15-17,19,21-22H2,1-8H3,(H,45,52)(H,46,49)(H,47,51)/b12-10-/t23-,24-,25-,27-,30+,33+,41-/m1/s1. The maximum Gasteiger partial charge on any atom is 0.408 e. The van der Waals surface area contributed by atoms with Crippen LogP contribution >= 0.6 is 0 Å². The number of pyridine rings is 1. The van der Waals surface area contributed by atoms with Gasteiger partial charge in [0, 0.05) is 36.8 Å². The quantitative estimate of drug-likeness (QED) is 0.273. The number of alkyl carbamates (subject to hydrolysis) is 1. The first-order chi connectivity index (χ1) is 27.5. The molecule has 0 spiro atoms. The third-order valence-electron chi connectivity index (χ3n) is 12.4. The molecule has 2 aliphatic heterocycles. The molecule has 15 nitrogen and oxygen atoms in total. The Labute approximate surface area is 343 Å². The Hall–Kier alpha value is -4.74. The number of benzene rings is 1.